The fraction of sp³-hybridized carbons (Fsp3) is 0.400. The van der Waals surface area contributed by atoms with E-state index in [-0.39, 0.29) is 35.0 Å². The third kappa shape index (κ3) is 4.70. The van der Waals surface area contributed by atoms with Gasteiger partial charge in [0.1, 0.15) is 6.33 Å². The van der Waals surface area contributed by atoms with Gasteiger partial charge in [-0.25, -0.2) is 9.97 Å². The SMILES string of the molecule is CCOC(=O)C1CCN(c2ncnc(Nc3ccc(C(C)=O)cc3)c2[N+](=O)[O-])CC1. The Kier molecular flexibility index (Phi) is 6.55. The van der Waals surface area contributed by atoms with Gasteiger partial charge in [0.05, 0.1) is 17.4 Å². The maximum atomic E-state index is 11.9. The molecular formula is C20H23N5O5. The summed E-state index contributed by atoms with van der Waals surface area (Å²) in [7, 11) is 0. The molecule has 30 heavy (non-hydrogen) atoms. The number of rotatable bonds is 7. The van der Waals surface area contributed by atoms with Crippen molar-refractivity contribution in [2.75, 3.05) is 29.9 Å². The molecule has 0 saturated carbocycles. The number of anilines is 3. The van der Waals surface area contributed by atoms with E-state index in [0.29, 0.717) is 43.8 Å². The molecule has 1 fully saturated rings. The van der Waals surface area contributed by atoms with Crippen LogP contribution in [0.3, 0.4) is 0 Å². The number of carbonyl (C=O) groups is 2. The van der Waals surface area contributed by atoms with Gasteiger partial charge in [-0.05, 0) is 51.0 Å². The van der Waals surface area contributed by atoms with Crippen molar-refractivity contribution in [2.24, 2.45) is 5.92 Å². The monoisotopic (exact) mass is 413 g/mol. The quantitative estimate of drug-likeness (QED) is 0.315. The normalized spacial score (nSPS) is 14.3. The van der Waals surface area contributed by atoms with Crippen LogP contribution in [0.4, 0.5) is 23.0 Å². The molecule has 2 aromatic rings. The lowest BCUT2D eigenvalue weighted by molar-refractivity contribution is -0.383. The highest BCUT2D eigenvalue weighted by molar-refractivity contribution is 5.94. The van der Waals surface area contributed by atoms with Crippen molar-refractivity contribution in [1.82, 2.24) is 9.97 Å². The summed E-state index contributed by atoms with van der Waals surface area (Å²) < 4.78 is 5.07. The molecule has 2 heterocycles. The van der Waals surface area contributed by atoms with Crippen LogP contribution in [0.15, 0.2) is 30.6 Å². The molecule has 0 bridgehead atoms. The highest BCUT2D eigenvalue weighted by Crippen LogP contribution is 2.35. The lowest BCUT2D eigenvalue weighted by Crippen LogP contribution is -2.37. The molecule has 1 aromatic carbocycles. The van der Waals surface area contributed by atoms with E-state index in [4.69, 9.17) is 4.74 Å². The summed E-state index contributed by atoms with van der Waals surface area (Å²) in [5.41, 5.74) is 0.874. The van der Waals surface area contributed by atoms with Gasteiger partial charge in [-0.3, -0.25) is 19.7 Å². The second-order valence-corrected chi connectivity index (χ2v) is 6.92. The molecule has 1 aromatic heterocycles. The van der Waals surface area contributed by atoms with Crippen molar-refractivity contribution in [1.29, 1.82) is 0 Å². The minimum absolute atomic E-state index is 0.0630. The predicted octanol–water partition coefficient (Wildman–Crippen LogP) is 3.11. The van der Waals surface area contributed by atoms with E-state index in [0.717, 1.165) is 0 Å². The van der Waals surface area contributed by atoms with Gasteiger partial charge < -0.3 is 15.0 Å². The zero-order chi connectivity index (χ0) is 21.7. The Labute approximate surface area is 173 Å². The molecule has 1 N–H and O–H groups in total. The first-order valence-electron chi connectivity index (χ1n) is 9.69. The van der Waals surface area contributed by atoms with Gasteiger partial charge in [0, 0.05) is 24.3 Å². The first-order chi connectivity index (χ1) is 14.4. The fourth-order valence-corrected chi connectivity index (χ4v) is 3.37. The van der Waals surface area contributed by atoms with Gasteiger partial charge in [-0.2, -0.15) is 0 Å². The van der Waals surface area contributed by atoms with Gasteiger partial charge in [-0.15, -0.1) is 0 Å². The van der Waals surface area contributed by atoms with Crippen LogP contribution in [0.2, 0.25) is 0 Å². The number of nitro groups is 1. The van der Waals surface area contributed by atoms with Crippen LogP contribution < -0.4 is 10.2 Å². The standard InChI is InChI=1S/C20H23N5O5/c1-3-30-20(27)15-8-10-24(11-9-15)19-17(25(28)29)18(21-12-22-19)23-16-6-4-14(5-7-16)13(2)26/h4-7,12,15H,3,8-11H2,1-2H3,(H,21,22,23). The Bertz CT molecular complexity index is 939. The van der Waals surface area contributed by atoms with Crippen molar-refractivity contribution >= 4 is 34.8 Å². The highest BCUT2D eigenvalue weighted by Gasteiger charge is 2.32. The molecule has 0 aliphatic carbocycles. The highest BCUT2D eigenvalue weighted by atomic mass is 16.6. The Hall–Kier alpha value is -3.56. The summed E-state index contributed by atoms with van der Waals surface area (Å²) in [6.07, 6.45) is 2.34. The van der Waals surface area contributed by atoms with Crippen molar-refractivity contribution in [3.8, 4) is 0 Å². The van der Waals surface area contributed by atoms with Crippen LogP contribution in [-0.4, -0.2) is 46.3 Å². The van der Waals surface area contributed by atoms with E-state index in [9.17, 15) is 19.7 Å². The third-order valence-electron chi connectivity index (χ3n) is 4.95. The minimum atomic E-state index is -0.515. The molecule has 1 aliphatic rings. The smallest absolute Gasteiger partial charge is 0.353 e. The number of ketones is 1. The summed E-state index contributed by atoms with van der Waals surface area (Å²) in [5.74, 6) is -0.235. The summed E-state index contributed by atoms with van der Waals surface area (Å²) in [6, 6.07) is 6.59. The number of Topliss-reactive ketones (excluding diaryl/α,β-unsaturated/α-hetero) is 1. The van der Waals surface area contributed by atoms with E-state index in [1.807, 2.05) is 0 Å². The van der Waals surface area contributed by atoms with Crippen molar-refractivity contribution in [2.45, 2.75) is 26.7 Å². The van der Waals surface area contributed by atoms with Gasteiger partial charge >= 0.3 is 11.7 Å². The van der Waals surface area contributed by atoms with E-state index in [1.165, 1.54) is 13.3 Å². The van der Waals surface area contributed by atoms with E-state index < -0.39 is 4.92 Å². The molecule has 0 spiro atoms. The summed E-state index contributed by atoms with van der Waals surface area (Å²) in [6.45, 7) is 4.47. The number of hydrogen-bond donors (Lipinski definition) is 1. The molecule has 10 nitrogen and oxygen atoms in total. The number of nitrogens with zero attached hydrogens (tertiary/aromatic N) is 4. The molecule has 3 rings (SSSR count). The number of ether oxygens (including phenoxy) is 1. The number of benzene rings is 1. The zero-order valence-electron chi connectivity index (χ0n) is 16.8. The molecular weight excluding hydrogens is 390 g/mol. The summed E-state index contributed by atoms with van der Waals surface area (Å²) in [4.78, 5) is 44.6. The number of nitrogens with one attached hydrogen (secondary N) is 1. The number of carbonyl (C=O) groups excluding carboxylic acids is 2. The molecule has 1 aliphatic heterocycles. The second kappa shape index (κ2) is 9.29. The Morgan fingerprint density at radius 2 is 1.90 bits per heavy atom. The van der Waals surface area contributed by atoms with Crippen LogP contribution in [0.1, 0.15) is 37.0 Å². The molecule has 158 valence electrons. The number of hydrogen-bond acceptors (Lipinski definition) is 9. The van der Waals surface area contributed by atoms with Crippen molar-refractivity contribution in [3.63, 3.8) is 0 Å². The Morgan fingerprint density at radius 1 is 1.23 bits per heavy atom. The minimum Gasteiger partial charge on any atom is -0.466 e. The van der Waals surface area contributed by atoms with Crippen LogP contribution in [0.25, 0.3) is 0 Å². The lowest BCUT2D eigenvalue weighted by Gasteiger charge is -2.31. The van der Waals surface area contributed by atoms with Gasteiger partial charge in [0.15, 0.2) is 5.78 Å². The van der Waals surface area contributed by atoms with E-state index in [1.54, 1.807) is 36.1 Å². The molecule has 0 unspecified atom stereocenters. The predicted molar refractivity (Wildman–Crippen MR) is 110 cm³/mol. The number of esters is 1. The van der Waals surface area contributed by atoms with Crippen LogP contribution in [-0.2, 0) is 9.53 Å². The fourth-order valence-electron chi connectivity index (χ4n) is 3.37. The number of piperidine rings is 1. The molecule has 0 amide bonds. The number of aromatic nitrogens is 2. The van der Waals surface area contributed by atoms with Gasteiger partial charge in [0.25, 0.3) is 0 Å². The van der Waals surface area contributed by atoms with Gasteiger partial charge in [-0.1, -0.05) is 0 Å². The summed E-state index contributed by atoms with van der Waals surface area (Å²) in [5, 5.41) is 14.8. The first kappa shape index (κ1) is 21.2. The van der Waals surface area contributed by atoms with Crippen LogP contribution >= 0.6 is 0 Å². The van der Waals surface area contributed by atoms with E-state index >= 15 is 0 Å². The maximum Gasteiger partial charge on any atom is 0.353 e. The first-order valence-corrected chi connectivity index (χ1v) is 9.69. The average Bonchev–Trinajstić information content (AvgIpc) is 2.74. The zero-order valence-corrected chi connectivity index (χ0v) is 16.8. The van der Waals surface area contributed by atoms with Crippen molar-refractivity contribution < 1.29 is 19.2 Å². The van der Waals surface area contributed by atoms with E-state index in [2.05, 4.69) is 15.3 Å². The lowest BCUT2D eigenvalue weighted by atomic mass is 9.97. The van der Waals surface area contributed by atoms with Crippen LogP contribution in [0.5, 0.6) is 0 Å². The largest absolute Gasteiger partial charge is 0.466 e. The van der Waals surface area contributed by atoms with Crippen molar-refractivity contribution in [3.05, 3.63) is 46.3 Å². The molecule has 0 radical (unpaired) electrons. The van der Waals surface area contributed by atoms with Gasteiger partial charge in [0.2, 0.25) is 11.6 Å². The average molecular weight is 413 g/mol. The second-order valence-electron chi connectivity index (χ2n) is 6.92. The third-order valence-corrected chi connectivity index (χ3v) is 4.95. The summed E-state index contributed by atoms with van der Waals surface area (Å²) >= 11 is 0. The molecule has 1 saturated heterocycles. The van der Waals surface area contributed by atoms with Crippen LogP contribution in [0, 0.1) is 16.0 Å². The maximum absolute atomic E-state index is 11.9. The Morgan fingerprint density at radius 3 is 2.47 bits per heavy atom. The molecule has 10 heteroatoms. The Balaban J connectivity index is 1.81. The topological polar surface area (TPSA) is 128 Å². The molecule has 0 atom stereocenters.